The molecule has 5 nitrogen and oxygen atoms in total. The number of amides is 1. The molecule has 0 bridgehead atoms. The Balaban J connectivity index is 1.64. The Bertz CT molecular complexity index is 639. The van der Waals surface area contributed by atoms with Crippen molar-refractivity contribution in [1.29, 1.82) is 0 Å². The van der Waals surface area contributed by atoms with Gasteiger partial charge >= 0.3 is 0 Å². The van der Waals surface area contributed by atoms with E-state index < -0.39 is 0 Å². The fraction of sp³-hybridized carbons (Fsp3) is 0.412. The van der Waals surface area contributed by atoms with Crippen LogP contribution in [0.1, 0.15) is 17.4 Å². The quantitative estimate of drug-likeness (QED) is 0.816. The van der Waals surface area contributed by atoms with Crippen molar-refractivity contribution < 1.29 is 4.79 Å². The second kappa shape index (κ2) is 7.08. The Morgan fingerprint density at radius 1 is 1.26 bits per heavy atom. The van der Waals surface area contributed by atoms with Gasteiger partial charge in [0.05, 0.1) is 12.1 Å². The number of aryl methyl sites for hydroxylation is 1. The van der Waals surface area contributed by atoms with Crippen LogP contribution in [0.15, 0.2) is 43.0 Å². The van der Waals surface area contributed by atoms with E-state index in [0.717, 1.165) is 19.5 Å². The molecule has 2 aromatic rings. The number of thioether (sulfide) groups is 1. The summed E-state index contributed by atoms with van der Waals surface area (Å²) in [6, 6.07) is 8.49. The predicted molar refractivity (Wildman–Crippen MR) is 94.5 cm³/mol. The SMILES string of the molecule is CN(C)c1ccc(C2SCC(=O)N2CCCn2ccnc2)cc1. The summed E-state index contributed by atoms with van der Waals surface area (Å²) in [4.78, 5) is 20.3. The summed E-state index contributed by atoms with van der Waals surface area (Å²) < 4.78 is 2.05. The molecule has 0 radical (unpaired) electrons. The first kappa shape index (κ1) is 15.9. The highest BCUT2D eigenvalue weighted by molar-refractivity contribution is 8.00. The van der Waals surface area contributed by atoms with Gasteiger partial charge in [-0.1, -0.05) is 12.1 Å². The van der Waals surface area contributed by atoms with E-state index in [1.807, 2.05) is 31.5 Å². The predicted octanol–water partition coefficient (Wildman–Crippen LogP) is 2.61. The molecular weight excluding hydrogens is 308 g/mol. The molecule has 1 aliphatic heterocycles. The lowest BCUT2D eigenvalue weighted by atomic mass is 10.1. The van der Waals surface area contributed by atoms with Crippen molar-refractivity contribution in [3.63, 3.8) is 0 Å². The van der Waals surface area contributed by atoms with Crippen LogP contribution in [0, 0.1) is 0 Å². The first-order valence-corrected chi connectivity index (χ1v) is 8.84. The Morgan fingerprint density at radius 3 is 2.70 bits per heavy atom. The van der Waals surface area contributed by atoms with E-state index in [9.17, 15) is 4.79 Å². The Hall–Kier alpha value is -1.95. The van der Waals surface area contributed by atoms with Crippen molar-refractivity contribution in [2.24, 2.45) is 0 Å². The monoisotopic (exact) mass is 330 g/mol. The minimum atomic E-state index is 0.140. The lowest BCUT2D eigenvalue weighted by molar-refractivity contribution is -0.128. The lowest BCUT2D eigenvalue weighted by Gasteiger charge is -2.25. The van der Waals surface area contributed by atoms with Crippen LogP contribution < -0.4 is 4.90 Å². The standard InChI is InChI=1S/C17H22N4OS/c1-19(2)15-6-4-14(5-7-15)17-21(16(22)12-23-17)10-3-9-20-11-8-18-13-20/h4-8,11,13,17H,3,9-10,12H2,1-2H3. The number of anilines is 1. The molecule has 1 aromatic heterocycles. The van der Waals surface area contributed by atoms with Gasteiger partial charge in [-0.3, -0.25) is 4.79 Å². The third kappa shape index (κ3) is 3.69. The number of carbonyl (C=O) groups is 1. The third-order valence-corrected chi connectivity index (χ3v) is 5.29. The number of rotatable bonds is 6. The van der Waals surface area contributed by atoms with E-state index in [0.29, 0.717) is 5.75 Å². The van der Waals surface area contributed by atoms with Crippen molar-refractivity contribution in [3.05, 3.63) is 48.5 Å². The molecule has 0 aliphatic carbocycles. The second-order valence-corrected chi connectivity index (χ2v) is 6.96. The van der Waals surface area contributed by atoms with E-state index in [-0.39, 0.29) is 11.3 Å². The summed E-state index contributed by atoms with van der Waals surface area (Å²) in [6.45, 7) is 1.67. The first-order chi connectivity index (χ1) is 11.1. The summed E-state index contributed by atoms with van der Waals surface area (Å²) >= 11 is 1.72. The average molecular weight is 330 g/mol. The molecule has 1 fully saturated rings. The largest absolute Gasteiger partial charge is 0.378 e. The van der Waals surface area contributed by atoms with Gasteiger partial charge < -0.3 is 14.4 Å². The summed E-state index contributed by atoms with van der Waals surface area (Å²) in [5.74, 6) is 0.813. The van der Waals surface area contributed by atoms with Crippen LogP contribution >= 0.6 is 11.8 Å². The minimum absolute atomic E-state index is 0.140. The van der Waals surface area contributed by atoms with E-state index in [4.69, 9.17) is 0 Å². The van der Waals surface area contributed by atoms with Crippen molar-refractivity contribution in [1.82, 2.24) is 14.5 Å². The fourth-order valence-electron chi connectivity index (χ4n) is 2.75. The number of hydrogen-bond donors (Lipinski definition) is 0. The molecule has 122 valence electrons. The van der Waals surface area contributed by atoms with E-state index >= 15 is 0 Å². The molecule has 1 atom stereocenters. The number of hydrogen-bond acceptors (Lipinski definition) is 4. The number of aromatic nitrogens is 2. The van der Waals surface area contributed by atoms with Crippen molar-refractivity contribution >= 4 is 23.4 Å². The molecule has 1 saturated heterocycles. The molecule has 0 spiro atoms. The maximum absolute atomic E-state index is 12.2. The lowest BCUT2D eigenvalue weighted by Crippen LogP contribution is -2.29. The third-order valence-electron chi connectivity index (χ3n) is 4.04. The van der Waals surface area contributed by atoms with Crippen LogP contribution in [0.4, 0.5) is 5.69 Å². The van der Waals surface area contributed by atoms with Crippen molar-refractivity contribution in [2.45, 2.75) is 18.3 Å². The molecule has 23 heavy (non-hydrogen) atoms. The van der Waals surface area contributed by atoms with Gasteiger partial charge in [-0.25, -0.2) is 4.98 Å². The zero-order chi connectivity index (χ0) is 16.2. The van der Waals surface area contributed by atoms with Crippen LogP contribution in [0.2, 0.25) is 0 Å². The topological polar surface area (TPSA) is 41.4 Å². The summed E-state index contributed by atoms with van der Waals surface area (Å²) in [5, 5.41) is 0.140. The van der Waals surface area contributed by atoms with Gasteiger partial charge in [0.25, 0.3) is 0 Å². The van der Waals surface area contributed by atoms with E-state index in [1.54, 1.807) is 18.0 Å². The zero-order valence-electron chi connectivity index (χ0n) is 13.6. The van der Waals surface area contributed by atoms with Gasteiger partial charge in [0.1, 0.15) is 5.37 Å². The van der Waals surface area contributed by atoms with Gasteiger partial charge in [-0.2, -0.15) is 0 Å². The van der Waals surface area contributed by atoms with Crippen LogP contribution in [0.5, 0.6) is 0 Å². The first-order valence-electron chi connectivity index (χ1n) is 7.79. The van der Waals surface area contributed by atoms with Crippen molar-refractivity contribution in [3.8, 4) is 0 Å². The summed E-state index contributed by atoms with van der Waals surface area (Å²) in [6.07, 6.45) is 6.50. The minimum Gasteiger partial charge on any atom is -0.378 e. The highest BCUT2D eigenvalue weighted by Crippen LogP contribution is 2.39. The van der Waals surface area contributed by atoms with E-state index in [1.165, 1.54) is 11.3 Å². The van der Waals surface area contributed by atoms with Gasteiger partial charge in [-0.05, 0) is 24.1 Å². The molecule has 3 rings (SSSR count). The fourth-order valence-corrected chi connectivity index (χ4v) is 3.97. The summed E-state index contributed by atoms with van der Waals surface area (Å²) in [7, 11) is 4.07. The van der Waals surface area contributed by atoms with Crippen LogP contribution in [-0.4, -0.2) is 46.8 Å². The summed E-state index contributed by atoms with van der Waals surface area (Å²) in [5.41, 5.74) is 2.38. The van der Waals surface area contributed by atoms with Crippen LogP contribution in [-0.2, 0) is 11.3 Å². The van der Waals surface area contributed by atoms with Crippen LogP contribution in [0.25, 0.3) is 0 Å². The number of benzene rings is 1. The highest BCUT2D eigenvalue weighted by Gasteiger charge is 2.32. The normalized spacial score (nSPS) is 17.7. The maximum atomic E-state index is 12.2. The molecule has 0 N–H and O–H groups in total. The Morgan fingerprint density at radius 2 is 2.04 bits per heavy atom. The average Bonchev–Trinajstić information content (AvgIpc) is 3.18. The zero-order valence-corrected chi connectivity index (χ0v) is 14.4. The molecule has 0 saturated carbocycles. The maximum Gasteiger partial charge on any atom is 0.233 e. The molecule has 2 heterocycles. The number of carbonyl (C=O) groups excluding carboxylic acids is 1. The van der Waals surface area contributed by atoms with E-state index in [2.05, 4.69) is 38.7 Å². The second-order valence-electron chi connectivity index (χ2n) is 5.89. The molecule has 6 heteroatoms. The Labute approximate surface area is 141 Å². The molecule has 1 unspecified atom stereocenters. The molecule has 1 aromatic carbocycles. The van der Waals surface area contributed by atoms with Gasteiger partial charge in [0, 0.05) is 45.3 Å². The smallest absolute Gasteiger partial charge is 0.233 e. The van der Waals surface area contributed by atoms with Crippen molar-refractivity contribution in [2.75, 3.05) is 31.3 Å². The number of imidazole rings is 1. The van der Waals surface area contributed by atoms with Gasteiger partial charge in [0.15, 0.2) is 0 Å². The Kier molecular flexibility index (Phi) is 4.91. The van der Waals surface area contributed by atoms with Crippen LogP contribution in [0.3, 0.4) is 0 Å². The van der Waals surface area contributed by atoms with Gasteiger partial charge in [0.2, 0.25) is 5.91 Å². The molecular formula is C17H22N4OS. The molecule has 1 aliphatic rings. The van der Waals surface area contributed by atoms with Gasteiger partial charge in [-0.15, -0.1) is 11.8 Å². The molecule has 1 amide bonds. The highest BCUT2D eigenvalue weighted by atomic mass is 32.2. The number of nitrogens with zero attached hydrogens (tertiary/aromatic N) is 4.